The molecule has 0 atom stereocenters. The lowest BCUT2D eigenvalue weighted by atomic mass is 10.3. The van der Waals surface area contributed by atoms with Crippen LogP contribution in [0, 0.1) is 0 Å². The number of carbonyl (C=O) groups excluding carboxylic acids is 1. The Morgan fingerprint density at radius 2 is 2.12 bits per heavy atom. The van der Waals surface area contributed by atoms with Crippen molar-refractivity contribution in [2.45, 2.75) is 19.3 Å². The molecule has 96 valence electrons. The van der Waals surface area contributed by atoms with Gasteiger partial charge >= 0.3 is 18.3 Å². The molecule has 1 heterocycles. The van der Waals surface area contributed by atoms with Crippen LogP contribution in [0.25, 0.3) is 0 Å². The Morgan fingerprint density at radius 3 is 2.59 bits per heavy atom. The van der Waals surface area contributed by atoms with E-state index in [-0.39, 0.29) is 6.61 Å². The third-order valence-corrected chi connectivity index (χ3v) is 1.79. The predicted molar refractivity (Wildman–Crippen MR) is 46.9 cm³/mol. The van der Waals surface area contributed by atoms with Gasteiger partial charge in [-0.3, -0.25) is 0 Å². The molecule has 5 nitrogen and oxygen atoms in total. The zero-order valence-electron chi connectivity index (χ0n) is 8.95. The van der Waals surface area contributed by atoms with Gasteiger partial charge in [0.15, 0.2) is 0 Å². The molecule has 0 aromatic carbocycles. The molecule has 0 unspecified atom stereocenters. The van der Waals surface area contributed by atoms with E-state index in [2.05, 4.69) is 14.8 Å². The molecule has 0 amide bonds. The molecule has 17 heavy (non-hydrogen) atoms. The lowest BCUT2D eigenvalue weighted by Crippen LogP contribution is -2.27. The first kappa shape index (κ1) is 13.4. The first-order valence-electron chi connectivity index (χ1n) is 4.55. The fourth-order valence-electron chi connectivity index (χ4n) is 1.05. The van der Waals surface area contributed by atoms with Crippen molar-refractivity contribution >= 4 is 5.97 Å². The van der Waals surface area contributed by atoms with Crippen LogP contribution in [0.5, 0.6) is 0 Å². The van der Waals surface area contributed by atoms with Crippen LogP contribution in [0.3, 0.4) is 0 Å². The van der Waals surface area contributed by atoms with E-state index in [9.17, 15) is 22.4 Å². The Balaban J connectivity index is 3.08. The van der Waals surface area contributed by atoms with Gasteiger partial charge in [-0.25, -0.2) is 18.3 Å². The summed E-state index contributed by atoms with van der Waals surface area (Å²) in [5, 5.41) is 3.30. The van der Waals surface area contributed by atoms with Crippen LogP contribution in [0.4, 0.5) is 17.6 Å². The number of hydrogen-bond acceptors (Lipinski definition) is 4. The number of halogens is 4. The lowest BCUT2D eigenvalue weighted by Gasteiger charge is -2.12. The summed E-state index contributed by atoms with van der Waals surface area (Å²) in [5.74, 6) is -7.47. The highest BCUT2D eigenvalue weighted by Gasteiger charge is 2.47. The standard InChI is InChI=1S/C8H9F4N3O2/c1-3-17-5(16)4-13-7(15(2)14-4)8(11,12)6(9)10/h6H,3H2,1-2H3. The second-order valence-corrected chi connectivity index (χ2v) is 3.03. The Labute approximate surface area is 93.4 Å². The average molecular weight is 255 g/mol. The summed E-state index contributed by atoms with van der Waals surface area (Å²) in [6, 6.07) is 0. The Bertz CT molecular complexity index is 419. The van der Waals surface area contributed by atoms with Gasteiger partial charge in [-0.1, -0.05) is 0 Å². The number of aromatic nitrogens is 3. The van der Waals surface area contributed by atoms with E-state index in [0.717, 1.165) is 7.05 Å². The molecule has 0 aliphatic rings. The van der Waals surface area contributed by atoms with Crippen LogP contribution in [-0.2, 0) is 17.7 Å². The first-order valence-corrected chi connectivity index (χ1v) is 4.55. The van der Waals surface area contributed by atoms with E-state index in [1.807, 2.05) is 0 Å². The number of aryl methyl sites for hydroxylation is 1. The molecular weight excluding hydrogens is 246 g/mol. The highest BCUT2D eigenvalue weighted by atomic mass is 19.3. The van der Waals surface area contributed by atoms with Gasteiger partial charge in [0.2, 0.25) is 5.82 Å². The number of rotatable bonds is 4. The van der Waals surface area contributed by atoms with E-state index in [0.29, 0.717) is 4.68 Å². The van der Waals surface area contributed by atoms with Crippen molar-refractivity contribution in [3.63, 3.8) is 0 Å². The highest BCUT2D eigenvalue weighted by molar-refractivity contribution is 5.85. The fourth-order valence-corrected chi connectivity index (χ4v) is 1.05. The molecule has 1 aromatic rings. The normalized spacial score (nSPS) is 11.9. The smallest absolute Gasteiger partial charge is 0.378 e. The van der Waals surface area contributed by atoms with E-state index in [1.54, 1.807) is 0 Å². The van der Waals surface area contributed by atoms with Crippen molar-refractivity contribution in [2.75, 3.05) is 6.61 Å². The monoisotopic (exact) mass is 255 g/mol. The number of ether oxygens (including phenoxy) is 1. The Kier molecular flexibility index (Phi) is 3.69. The van der Waals surface area contributed by atoms with Crippen molar-refractivity contribution in [1.29, 1.82) is 0 Å². The minimum Gasteiger partial charge on any atom is -0.460 e. The van der Waals surface area contributed by atoms with E-state index < -0.39 is 30.0 Å². The van der Waals surface area contributed by atoms with Gasteiger partial charge in [0.25, 0.3) is 5.82 Å². The lowest BCUT2D eigenvalue weighted by molar-refractivity contribution is -0.142. The van der Waals surface area contributed by atoms with Crippen molar-refractivity contribution < 1.29 is 27.1 Å². The summed E-state index contributed by atoms with van der Waals surface area (Å²) in [6.07, 6.45) is -3.93. The summed E-state index contributed by atoms with van der Waals surface area (Å²) in [4.78, 5) is 14.2. The van der Waals surface area contributed by atoms with Gasteiger partial charge in [-0.05, 0) is 6.92 Å². The van der Waals surface area contributed by atoms with E-state index >= 15 is 0 Å². The predicted octanol–water partition coefficient (Wildman–Crippen LogP) is 1.35. The number of hydrogen-bond donors (Lipinski definition) is 0. The minimum atomic E-state index is -4.47. The van der Waals surface area contributed by atoms with Crippen LogP contribution in [0.1, 0.15) is 23.4 Å². The molecular formula is C8H9F4N3O2. The first-order chi connectivity index (χ1) is 7.80. The highest BCUT2D eigenvalue weighted by Crippen LogP contribution is 2.32. The molecule has 9 heteroatoms. The van der Waals surface area contributed by atoms with E-state index in [4.69, 9.17) is 0 Å². The molecule has 0 fully saturated rings. The summed E-state index contributed by atoms with van der Waals surface area (Å²) in [5.41, 5.74) is 0. The van der Waals surface area contributed by atoms with Crippen LogP contribution >= 0.6 is 0 Å². The zero-order chi connectivity index (χ0) is 13.2. The summed E-state index contributed by atoms with van der Waals surface area (Å²) in [6.45, 7) is 1.49. The number of carbonyl (C=O) groups is 1. The average Bonchev–Trinajstić information content (AvgIpc) is 2.61. The third-order valence-electron chi connectivity index (χ3n) is 1.79. The number of nitrogens with zero attached hydrogens (tertiary/aromatic N) is 3. The van der Waals surface area contributed by atoms with Gasteiger partial charge in [0.1, 0.15) is 0 Å². The molecule has 0 aliphatic carbocycles. The number of esters is 1. The van der Waals surface area contributed by atoms with Gasteiger partial charge < -0.3 is 4.74 Å². The SMILES string of the molecule is CCOC(=O)c1nc(C(F)(F)C(F)F)n(C)n1. The summed E-state index contributed by atoms with van der Waals surface area (Å²) >= 11 is 0. The van der Waals surface area contributed by atoms with Crippen molar-refractivity contribution in [3.05, 3.63) is 11.6 Å². The molecule has 0 radical (unpaired) electrons. The van der Waals surface area contributed by atoms with Crippen LogP contribution < -0.4 is 0 Å². The summed E-state index contributed by atoms with van der Waals surface area (Å²) in [7, 11) is 0.987. The molecule has 0 spiro atoms. The molecule has 1 aromatic heterocycles. The van der Waals surface area contributed by atoms with Gasteiger partial charge in [-0.2, -0.15) is 13.8 Å². The van der Waals surface area contributed by atoms with Crippen LogP contribution in [0.15, 0.2) is 0 Å². The maximum Gasteiger partial charge on any atom is 0.378 e. The fraction of sp³-hybridized carbons (Fsp3) is 0.625. The topological polar surface area (TPSA) is 57.0 Å². The number of alkyl halides is 4. The quantitative estimate of drug-likeness (QED) is 0.602. The molecule has 0 aliphatic heterocycles. The maximum absolute atomic E-state index is 13.0. The van der Waals surface area contributed by atoms with Gasteiger partial charge in [-0.15, -0.1) is 5.10 Å². The molecule has 1 rings (SSSR count). The van der Waals surface area contributed by atoms with Crippen LogP contribution in [0.2, 0.25) is 0 Å². The Hall–Kier alpha value is -1.67. The summed E-state index contributed by atoms with van der Waals surface area (Å²) < 4.78 is 55.0. The second-order valence-electron chi connectivity index (χ2n) is 3.03. The molecule has 0 saturated heterocycles. The van der Waals surface area contributed by atoms with Crippen molar-refractivity contribution in [3.8, 4) is 0 Å². The maximum atomic E-state index is 13.0. The molecule has 0 bridgehead atoms. The zero-order valence-corrected chi connectivity index (χ0v) is 8.95. The van der Waals surface area contributed by atoms with Gasteiger partial charge in [0, 0.05) is 7.05 Å². The Morgan fingerprint density at radius 1 is 1.53 bits per heavy atom. The second kappa shape index (κ2) is 4.68. The molecule has 0 N–H and O–H groups in total. The molecule has 0 saturated carbocycles. The van der Waals surface area contributed by atoms with Crippen molar-refractivity contribution in [2.24, 2.45) is 7.05 Å². The van der Waals surface area contributed by atoms with Crippen LogP contribution in [-0.4, -0.2) is 33.8 Å². The van der Waals surface area contributed by atoms with Gasteiger partial charge in [0.05, 0.1) is 6.61 Å². The van der Waals surface area contributed by atoms with E-state index in [1.165, 1.54) is 6.92 Å². The van der Waals surface area contributed by atoms with Crippen molar-refractivity contribution in [1.82, 2.24) is 14.8 Å². The minimum absolute atomic E-state index is 0.00232. The third kappa shape index (κ3) is 2.53. The largest absolute Gasteiger partial charge is 0.460 e.